The summed E-state index contributed by atoms with van der Waals surface area (Å²) in [5.74, 6) is 0. The third kappa shape index (κ3) is 2.76. The molecule has 1 N–H and O–H groups in total. The maximum atomic E-state index is 3.28. The van der Waals surface area contributed by atoms with Crippen LogP contribution in [0.1, 0.15) is 37.8 Å². The molecular weight excluding hydrogens is 170 g/mol. The van der Waals surface area contributed by atoms with Gasteiger partial charge in [0.2, 0.25) is 0 Å². The highest BCUT2D eigenvalue weighted by molar-refractivity contribution is 5.53. The highest BCUT2D eigenvalue weighted by Gasteiger charge is 2.01. The molecule has 0 aliphatic heterocycles. The number of aryl methyl sites for hydroxylation is 2. The van der Waals surface area contributed by atoms with Crippen molar-refractivity contribution in [2.75, 3.05) is 12.4 Å². The monoisotopic (exact) mass is 191 g/mol. The lowest BCUT2D eigenvalue weighted by molar-refractivity contribution is 0.795. The van der Waals surface area contributed by atoms with Gasteiger partial charge in [-0.2, -0.15) is 0 Å². The number of rotatable bonds is 5. The fourth-order valence-electron chi connectivity index (χ4n) is 1.66. The number of benzene rings is 1. The minimum absolute atomic E-state index is 1.11. The molecule has 78 valence electrons. The van der Waals surface area contributed by atoms with Crippen LogP contribution in [0.15, 0.2) is 18.2 Å². The predicted octanol–water partition coefficient (Wildman–Crippen LogP) is 3.63. The Labute approximate surface area is 87.5 Å². The van der Waals surface area contributed by atoms with Crippen molar-refractivity contribution in [2.24, 2.45) is 0 Å². The van der Waals surface area contributed by atoms with Gasteiger partial charge in [0.1, 0.15) is 0 Å². The summed E-state index contributed by atoms with van der Waals surface area (Å²) in [6.45, 7) is 4.43. The molecule has 0 radical (unpaired) electrons. The molecule has 0 saturated heterocycles. The molecule has 0 heterocycles. The Morgan fingerprint density at radius 2 is 2.00 bits per heavy atom. The van der Waals surface area contributed by atoms with Crippen LogP contribution in [0.3, 0.4) is 0 Å². The second-order valence-corrected chi connectivity index (χ2v) is 3.70. The first-order chi connectivity index (χ1) is 6.81. The molecule has 1 rings (SSSR count). The molecule has 0 fully saturated rings. The first-order valence-electron chi connectivity index (χ1n) is 5.61. The standard InChI is InChI=1S/C13H21N/c1-4-6-7-12-9-8-11(5-2)10-13(12)14-3/h8-10,14H,4-7H2,1-3H3. The Bertz CT molecular complexity index is 279. The lowest BCUT2D eigenvalue weighted by Gasteiger charge is -2.10. The van der Waals surface area contributed by atoms with Crippen molar-refractivity contribution in [1.29, 1.82) is 0 Å². The van der Waals surface area contributed by atoms with Crippen molar-refractivity contribution in [2.45, 2.75) is 39.5 Å². The quantitative estimate of drug-likeness (QED) is 0.749. The third-order valence-corrected chi connectivity index (χ3v) is 2.65. The Balaban J connectivity index is 2.82. The molecule has 0 aliphatic rings. The van der Waals surface area contributed by atoms with Gasteiger partial charge >= 0.3 is 0 Å². The fraction of sp³-hybridized carbons (Fsp3) is 0.538. The predicted molar refractivity (Wildman–Crippen MR) is 64.0 cm³/mol. The van der Waals surface area contributed by atoms with Gasteiger partial charge in [0.15, 0.2) is 0 Å². The second kappa shape index (κ2) is 5.69. The van der Waals surface area contributed by atoms with Gasteiger partial charge in [-0.1, -0.05) is 32.4 Å². The van der Waals surface area contributed by atoms with Gasteiger partial charge in [0.05, 0.1) is 0 Å². The first kappa shape index (κ1) is 11.1. The molecule has 0 unspecified atom stereocenters. The first-order valence-corrected chi connectivity index (χ1v) is 5.61. The van der Waals surface area contributed by atoms with Gasteiger partial charge in [-0.3, -0.25) is 0 Å². The van der Waals surface area contributed by atoms with Gasteiger partial charge in [-0.05, 0) is 36.5 Å². The van der Waals surface area contributed by atoms with Crippen LogP contribution in [0.5, 0.6) is 0 Å². The summed E-state index contributed by atoms with van der Waals surface area (Å²) in [7, 11) is 2.00. The lowest BCUT2D eigenvalue weighted by atomic mass is 10.0. The largest absolute Gasteiger partial charge is 0.388 e. The molecule has 1 aromatic rings. The van der Waals surface area contributed by atoms with E-state index in [4.69, 9.17) is 0 Å². The Hall–Kier alpha value is -0.980. The molecule has 0 amide bonds. The number of unbranched alkanes of at least 4 members (excludes halogenated alkanes) is 1. The maximum absolute atomic E-state index is 3.28. The lowest BCUT2D eigenvalue weighted by Crippen LogP contribution is -1.97. The van der Waals surface area contributed by atoms with E-state index in [9.17, 15) is 0 Å². The molecule has 1 aromatic carbocycles. The average Bonchev–Trinajstić information content (AvgIpc) is 2.26. The molecule has 1 heteroatoms. The van der Waals surface area contributed by atoms with E-state index < -0.39 is 0 Å². The van der Waals surface area contributed by atoms with Crippen LogP contribution in [-0.4, -0.2) is 7.05 Å². The van der Waals surface area contributed by atoms with Crippen LogP contribution >= 0.6 is 0 Å². The summed E-state index contributed by atoms with van der Waals surface area (Å²) < 4.78 is 0. The summed E-state index contributed by atoms with van der Waals surface area (Å²) in [6, 6.07) is 6.77. The zero-order valence-electron chi connectivity index (χ0n) is 9.56. The molecule has 14 heavy (non-hydrogen) atoms. The van der Waals surface area contributed by atoms with Gasteiger partial charge in [0.25, 0.3) is 0 Å². The fourth-order valence-corrected chi connectivity index (χ4v) is 1.66. The van der Waals surface area contributed by atoms with Crippen LogP contribution in [0.25, 0.3) is 0 Å². The van der Waals surface area contributed by atoms with Crippen molar-refractivity contribution in [3.8, 4) is 0 Å². The maximum Gasteiger partial charge on any atom is 0.0372 e. The number of nitrogens with one attached hydrogen (secondary N) is 1. The van der Waals surface area contributed by atoms with Crippen LogP contribution in [0.2, 0.25) is 0 Å². The van der Waals surface area contributed by atoms with Gasteiger partial charge in [0, 0.05) is 12.7 Å². The number of hydrogen-bond donors (Lipinski definition) is 1. The second-order valence-electron chi connectivity index (χ2n) is 3.70. The zero-order chi connectivity index (χ0) is 10.4. The van der Waals surface area contributed by atoms with Crippen molar-refractivity contribution in [3.05, 3.63) is 29.3 Å². The molecule has 1 nitrogen and oxygen atoms in total. The van der Waals surface area contributed by atoms with Crippen molar-refractivity contribution >= 4 is 5.69 Å². The van der Waals surface area contributed by atoms with E-state index >= 15 is 0 Å². The Morgan fingerprint density at radius 1 is 1.21 bits per heavy atom. The van der Waals surface area contributed by atoms with Crippen LogP contribution in [-0.2, 0) is 12.8 Å². The average molecular weight is 191 g/mol. The van der Waals surface area contributed by atoms with Crippen molar-refractivity contribution in [3.63, 3.8) is 0 Å². The molecule has 0 atom stereocenters. The van der Waals surface area contributed by atoms with Crippen LogP contribution < -0.4 is 5.32 Å². The van der Waals surface area contributed by atoms with E-state index in [1.54, 1.807) is 0 Å². The summed E-state index contributed by atoms with van der Waals surface area (Å²) >= 11 is 0. The van der Waals surface area contributed by atoms with Crippen molar-refractivity contribution in [1.82, 2.24) is 0 Å². The highest BCUT2D eigenvalue weighted by atomic mass is 14.8. The molecular formula is C13H21N. The van der Waals surface area contributed by atoms with E-state index in [0.717, 1.165) is 6.42 Å². The van der Waals surface area contributed by atoms with Gasteiger partial charge in [-0.15, -0.1) is 0 Å². The topological polar surface area (TPSA) is 12.0 Å². The third-order valence-electron chi connectivity index (χ3n) is 2.65. The molecule has 0 aromatic heterocycles. The Morgan fingerprint density at radius 3 is 2.57 bits per heavy atom. The summed E-state index contributed by atoms with van der Waals surface area (Å²) in [5, 5.41) is 3.28. The molecule has 0 aliphatic carbocycles. The molecule has 0 bridgehead atoms. The Kier molecular flexibility index (Phi) is 4.51. The number of hydrogen-bond acceptors (Lipinski definition) is 1. The highest BCUT2D eigenvalue weighted by Crippen LogP contribution is 2.19. The summed E-state index contributed by atoms with van der Waals surface area (Å²) in [5.41, 5.74) is 4.17. The molecule has 0 spiro atoms. The summed E-state index contributed by atoms with van der Waals surface area (Å²) in [6.07, 6.45) is 4.85. The minimum atomic E-state index is 1.11. The van der Waals surface area contributed by atoms with Crippen LogP contribution in [0, 0.1) is 0 Å². The van der Waals surface area contributed by atoms with Gasteiger partial charge < -0.3 is 5.32 Å². The smallest absolute Gasteiger partial charge is 0.0372 e. The van der Waals surface area contributed by atoms with E-state index in [2.05, 4.69) is 37.4 Å². The molecule has 0 saturated carbocycles. The zero-order valence-corrected chi connectivity index (χ0v) is 9.56. The van der Waals surface area contributed by atoms with Crippen molar-refractivity contribution < 1.29 is 0 Å². The van der Waals surface area contributed by atoms with E-state index in [1.807, 2.05) is 7.05 Å². The van der Waals surface area contributed by atoms with Gasteiger partial charge in [-0.25, -0.2) is 0 Å². The SMILES string of the molecule is CCCCc1ccc(CC)cc1NC. The summed E-state index contributed by atoms with van der Waals surface area (Å²) in [4.78, 5) is 0. The van der Waals surface area contributed by atoms with E-state index in [0.29, 0.717) is 0 Å². The minimum Gasteiger partial charge on any atom is -0.388 e. The van der Waals surface area contributed by atoms with E-state index in [-0.39, 0.29) is 0 Å². The number of anilines is 1. The van der Waals surface area contributed by atoms with Crippen LogP contribution in [0.4, 0.5) is 5.69 Å². The van der Waals surface area contributed by atoms with E-state index in [1.165, 1.54) is 36.1 Å². The normalized spacial score (nSPS) is 10.2.